The predicted octanol–water partition coefficient (Wildman–Crippen LogP) is 0.715. The third kappa shape index (κ3) is 1.25. The van der Waals surface area contributed by atoms with Gasteiger partial charge in [-0.15, -0.1) is 0 Å². The molecule has 8 heavy (non-hydrogen) atoms. The number of nitrogens with one attached hydrogen (secondary N) is 1. The Bertz CT molecular complexity index is 66.9. The molecule has 0 spiro atoms. The Labute approximate surface area is 52.3 Å². The third-order valence-corrected chi connectivity index (χ3v) is 1.73. The second-order valence-corrected chi connectivity index (χ2v) is 2.56. The minimum absolute atomic E-state index is 0.331. The summed E-state index contributed by atoms with van der Waals surface area (Å²) in [5, 5.41) is 3.33. The van der Waals surface area contributed by atoms with Crippen LogP contribution in [0, 0.1) is 0 Å². The molecule has 2 atom stereocenters. The molecule has 1 N–H and O–H groups in total. The van der Waals surface area contributed by atoms with Gasteiger partial charge in [0.2, 0.25) is 0 Å². The van der Waals surface area contributed by atoms with E-state index in [2.05, 4.69) is 12.2 Å². The SMILES string of the molecule is [B]C(C)[C@@H]1CCCN1. The number of hydrogen-bond donors (Lipinski definition) is 1. The van der Waals surface area contributed by atoms with Crippen molar-refractivity contribution in [3.63, 3.8) is 0 Å². The first kappa shape index (κ1) is 6.15. The van der Waals surface area contributed by atoms with Gasteiger partial charge in [0.1, 0.15) is 0 Å². The van der Waals surface area contributed by atoms with Crippen molar-refractivity contribution in [3.8, 4) is 0 Å². The Morgan fingerprint density at radius 3 is 2.75 bits per heavy atom. The molecular weight excluding hydrogens is 96.9 g/mol. The van der Waals surface area contributed by atoms with Gasteiger partial charge in [0.25, 0.3) is 0 Å². The van der Waals surface area contributed by atoms with Crippen LogP contribution in [0.1, 0.15) is 19.8 Å². The van der Waals surface area contributed by atoms with Crippen molar-refractivity contribution >= 4 is 7.85 Å². The van der Waals surface area contributed by atoms with Crippen LogP contribution in [0.3, 0.4) is 0 Å². The summed E-state index contributed by atoms with van der Waals surface area (Å²) < 4.78 is 0. The highest BCUT2D eigenvalue weighted by Crippen LogP contribution is 2.14. The van der Waals surface area contributed by atoms with E-state index >= 15 is 0 Å². The van der Waals surface area contributed by atoms with E-state index in [0.717, 1.165) is 6.54 Å². The molecule has 1 heterocycles. The summed E-state index contributed by atoms with van der Waals surface area (Å²) in [7, 11) is 5.64. The summed E-state index contributed by atoms with van der Waals surface area (Å²) in [6.45, 7) is 3.22. The topological polar surface area (TPSA) is 12.0 Å². The van der Waals surface area contributed by atoms with Gasteiger partial charge in [-0.1, -0.05) is 12.7 Å². The van der Waals surface area contributed by atoms with Gasteiger partial charge in [-0.25, -0.2) is 0 Å². The summed E-state index contributed by atoms with van der Waals surface area (Å²) in [6, 6.07) is 0.593. The van der Waals surface area contributed by atoms with E-state index in [4.69, 9.17) is 7.85 Å². The maximum atomic E-state index is 5.64. The van der Waals surface area contributed by atoms with E-state index in [1.54, 1.807) is 0 Å². The largest absolute Gasteiger partial charge is 0.314 e. The second-order valence-electron chi connectivity index (χ2n) is 2.56. The van der Waals surface area contributed by atoms with Crippen molar-refractivity contribution in [2.75, 3.05) is 6.54 Å². The average Bonchev–Trinajstić information content (AvgIpc) is 2.12. The predicted molar refractivity (Wildman–Crippen MR) is 36.2 cm³/mol. The van der Waals surface area contributed by atoms with Gasteiger partial charge < -0.3 is 5.32 Å². The molecule has 1 aliphatic heterocycles. The Balaban J connectivity index is 2.24. The highest BCUT2D eigenvalue weighted by Gasteiger charge is 2.15. The van der Waals surface area contributed by atoms with Crippen molar-refractivity contribution in [1.82, 2.24) is 5.32 Å². The molecule has 0 aromatic rings. The van der Waals surface area contributed by atoms with Crippen LogP contribution in [-0.4, -0.2) is 20.4 Å². The van der Waals surface area contributed by atoms with Crippen molar-refractivity contribution in [2.24, 2.45) is 0 Å². The van der Waals surface area contributed by atoms with Gasteiger partial charge in [0.05, 0.1) is 7.85 Å². The van der Waals surface area contributed by atoms with E-state index in [-0.39, 0.29) is 0 Å². The summed E-state index contributed by atoms with van der Waals surface area (Å²) in [6.07, 6.45) is 2.56. The molecule has 1 saturated heterocycles. The molecule has 1 fully saturated rings. The number of rotatable bonds is 1. The van der Waals surface area contributed by atoms with Gasteiger partial charge in [0.15, 0.2) is 0 Å². The summed E-state index contributed by atoms with van der Waals surface area (Å²) >= 11 is 0. The monoisotopic (exact) mass is 109 g/mol. The minimum Gasteiger partial charge on any atom is -0.314 e. The zero-order valence-electron chi connectivity index (χ0n) is 5.35. The summed E-state index contributed by atoms with van der Waals surface area (Å²) in [5.41, 5.74) is 0. The van der Waals surface area contributed by atoms with Gasteiger partial charge >= 0.3 is 0 Å². The van der Waals surface area contributed by atoms with Crippen LogP contribution in [0.15, 0.2) is 0 Å². The third-order valence-electron chi connectivity index (χ3n) is 1.73. The molecule has 0 aromatic carbocycles. The van der Waals surface area contributed by atoms with Gasteiger partial charge in [-0.2, -0.15) is 0 Å². The molecule has 2 radical (unpaired) electrons. The van der Waals surface area contributed by atoms with Crippen molar-refractivity contribution in [1.29, 1.82) is 0 Å². The second kappa shape index (κ2) is 2.54. The van der Waals surface area contributed by atoms with Crippen molar-refractivity contribution in [2.45, 2.75) is 31.6 Å². The first-order chi connectivity index (χ1) is 3.80. The Morgan fingerprint density at radius 1 is 1.75 bits per heavy atom. The zero-order valence-corrected chi connectivity index (χ0v) is 5.35. The standard InChI is InChI=1S/C6H12BN/c1-5(7)6-3-2-4-8-6/h5-6,8H,2-4H2,1H3/t5?,6-/m0/s1. The molecule has 0 aliphatic carbocycles. The fourth-order valence-corrected chi connectivity index (χ4v) is 1.16. The molecule has 1 aliphatic rings. The van der Waals surface area contributed by atoms with Crippen LogP contribution in [0.25, 0.3) is 0 Å². The fourth-order valence-electron chi connectivity index (χ4n) is 1.16. The lowest BCUT2D eigenvalue weighted by atomic mass is 9.82. The molecule has 2 heteroatoms. The van der Waals surface area contributed by atoms with Crippen molar-refractivity contribution < 1.29 is 0 Å². The van der Waals surface area contributed by atoms with Crippen LogP contribution in [0.4, 0.5) is 0 Å². The molecular formula is C6H12BN. The smallest absolute Gasteiger partial charge is 0.0716 e. The minimum atomic E-state index is 0.331. The Morgan fingerprint density at radius 2 is 2.50 bits per heavy atom. The summed E-state index contributed by atoms with van der Waals surface area (Å²) in [4.78, 5) is 0. The lowest BCUT2D eigenvalue weighted by molar-refractivity contribution is 0.587. The summed E-state index contributed by atoms with van der Waals surface area (Å²) in [5.74, 6) is 0.331. The first-order valence-corrected chi connectivity index (χ1v) is 3.29. The van der Waals surface area contributed by atoms with Crippen LogP contribution < -0.4 is 5.32 Å². The highest BCUT2D eigenvalue weighted by molar-refractivity contribution is 6.11. The molecule has 0 saturated carbocycles. The normalized spacial score (nSPS) is 32.9. The van der Waals surface area contributed by atoms with Crippen molar-refractivity contribution in [3.05, 3.63) is 0 Å². The van der Waals surface area contributed by atoms with E-state index in [0.29, 0.717) is 11.9 Å². The zero-order chi connectivity index (χ0) is 5.98. The lowest BCUT2D eigenvalue weighted by Gasteiger charge is -2.13. The van der Waals surface area contributed by atoms with E-state index in [1.807, 2.05) is 0 Å². The molecule has 0 bridgehead atoms. The van der Waals surface area contributed by atoms with Gasteiger partial charge in [-0.05, 0) is 19.4 Å². The average molecular weight is 109 g/mol. The molecule has 1 nitrogen and oxygen atoms in total. The van der Waals surface area contributed by atoms with Gasteiger partial charge in [-0.3, -0.25) is 0 Å². The molecule has 0 amide bonds. The molecule has 0 aromatic heterocycles. The van der Waals surface area contributed by atoms with Crippen LogP contribution in [0.2, 0.25) is 5.82 Å². The lowest BCUT2D eigenvalue weighted by Crippen LogP contribution is -2.24. The van der Waals surface area contributed by atoms with Crippen LogP contribution in [0.5, 0.6) is 0 Å². The Kier molecular flexibility index (Phi) is 1.95. The quantitative estimate of drug-likeness (QED) is 0.489. The Hall–Kier alpha value is 0.0249. The first-order valence-electron chi connectivity index (χ1n) is 3.29. The van der Waals surface area contributed by atoms with E-state index < -0.39 is 0 Å². The molecule has 1 unspecified atom stereocenters. The maximum Gasteiger partial charge on any atom is 0.0716 e. The number of hydrogen-bond acceptors (Lipinski definition) is 1. The fraction of sp³-hybridized carbons (Fsp3) is 1.00. The molecule has 44 valence electrons. The van der Waals surface area contributed by atoms with E-state index in [9.17, 15) is 0 Å². The van der Waals surface area contributed by atoms with E-state index in [1.165, 1.54) is 12.8 Å². The van der Waals surface area contributed by atoms with Crippen LogP contribution >= 0.6 is 0 Å². The maximum absolute atomic E-state index is 5.64. The van der Waals surface area contributed by atoms with Crippen LogP contribution in [-0.2, 0) is 0 Å². The molecule has 1 rings (SSSR count). The van der Waals surface area contributed by atoms with Gasteiger partial charge in [0, 0.05) is 6.04 Å². The highest BCUT2D eigenvalue weighted by atomic mass is 14.9.